The fraction of sp³-hybridized carbons (Fsp3) is 0.706. The van der Waals surface area contributed by atoms with Gasteiger partial charge in [-0.1, -0.05) is 19.9 Å². The van der Waals surface area contributed by atoms with Gasteiger partial charge in [-0.3, -0.25) is 4.79 Å². The van der Waals surface area contributed by atoms with Crippen LogP contribution >= 0.6 is 0 Å². The van der Waals surface area contributed by atoms with E-state index in [0.29, 0.717) is 5.92 Å². The van der Waals surface area contributed by atoms with Gasteiger partial charge in [0.05, 0.1) is 12.2 Å². The van der Waals surface area contributed by atoms with Gasteiger partial charge in [-0.25, -0.2) is 0 Å². The van der Waals surface area contributed by atoms with Crippen molar-refractivity contribution in [2.24, 2.45) is 17.8 Å². The number of rotatable bonds is 4. The van der Waals surface area contributed by atoms with E-state index >= 15 is 0 Å². The molecule has 2 aliphatic rings. The lowest BCUT2D eigenvalue weighted by Gasteiger charge is -2.35. The Hall–Kier alpha value is -1.13. The lowest BCUT2D eigenvalue weighted by molar-refractivity contribution is -0.140. The summed E-state index contributed by atoms with van der Waals surface area (Å²) in [6.07, 6.45) is 1.92. The zero-order valence-corrected chi connectivity index (χ0v) is 13.3. The van der Waals surface area contributed by atoms with E-state index in [1.54, 1.807) is 6.08 Å². The monoisotopic (exact) mass is 294 g/mol. The maximum atomic E-state index is 11.1. The molecule has 5 atom stereocenters. The minimum absolute atomic E-state index is 0.0440. The molecule has 21 heavy (non-hydrogen) atoms. The predicted octanol–water partition coefficient (Wildman–Crippen LogP) is 2.47. The lowest BCUT2D eigenvalue weighted by Crippen LogP contribution is -2.36. The number of carbonyl (C=O) groups is 1. The summed E-state index contributed by atoms with van der Waals surface area (Å²) in [5.74, 6) is 0.512. The zero-order chi connectivity index (χ0) is 15.7. The molecular formula is C17H26O4. The van der Waals surface area contributed by atoms with E-state index in [2.05, 4.69) is 20.4 Å². The number of esters is 1. The number of hydrogen-bond donors (Lipinski definition) is 1. The average Bonchev–Trinajstić information content (AvgIpc) is 2.76. The second-order valence-corrected chi connectivity index (χ2v) is 6.45. The molecule has 1 heterocycles. The molecule has 4 nitrogen and oxygen atoms in total. The van der Waals surface area contributed by atoms with E-state index in [1.807, 2.05) is 6.92 Å². The van der Waals surface area contributed by atoms with Crippen molar-refractivity contribution in [1.29, 1.82) is 0 Å². The molecular weight excluding hydrogens is 268 g/mol. The number of fused-ring (bicyclic) bond motifs is 1. The Kier molecular flexibility index (Phi) is 4.89. The van der Waals surface area contributed by atoms with Crippen LogP contribution in [0.3, 0.4) is 0 Å². The first-order valence-electron chi connectivity index (χ1n) is 7.69. The van der Waals surface area contributed by atoms with Crippen molar-refractivity contribution in [2.75, 3.05) is 6.61 Å². The largest absolute Gasteiger partial charge is 0.461 e. The number of aliphatic hydroxyl groups is 1. The number of hydrogen-bond acceptors (Lipinski definition) is 4. The van der Waals surface area contributed by atoms with Crippen molar-refractivity contribution in [3.05, 3.63) is 23.8 Å². The lowest BCUT2D eigenvalue weighted by atomic mass is 9.87. The molecule has 1 aliphatic carbocycles. The molecule has 0 aromatic carbocycles. The second-order valence-electron chi connectivity index (χ2n) is 6.45. The molecule has 1 fully saturated rings. The van der Waals surface area contributed by atoms with Crippen LogP contribution in [0.1, 0.15) is 34.1 Å². The highest BCUT2D eigenvalue weighted by molar-refractivity contribution is 5.66. The Balaban J connectivity index is 2.38. The summed E-state index contributed by atoms with van der Waals surface area (Å²) in [6, 6.07) is 0. The minimum atomic E-state index is -0.477. The Labute approximate surface area is 126 Å². The van der Waals surface area contributed by atoms with Crippen LogP contribution in [-0.2, 0) is 14.3 Å². The maximum absolute atomic E-state index is 11.1. The van der Waals surface area contributed by atoms with E-state index in [4.69, 9.17) is 9.47 Å². The smallest absolute Gasteiger partial charge is 0.302 e. The van der Waals surface area contributed by atoms with Crippen LogP contribution in [0.2, 0.25) is 0 Å². The Morgan fingerprint density at radius 2 is 2.24 bits per heavy atom. The first-order valence-corrected chi connectivity index (χ1v) is 7.69. The Morgan fingerprint density at radius 3 is 2.76 bits per heavy atom. The maximum Gasteiger partial charge on any atom is 0.302 e. The second kappa shape index (κ2) is 6.32. The molecule has 0 radical (unpaired) electrons. The van der Waals surface area contributed by atoms with Crippen LogP contribution in [0.15, 0.2) is 23.8 Å². The molecule has 0 aromatic heterocycles. The third kappa shape index (κ3) is 3.06. The standard InChI is InChI=1S/C17H26O4/c1-6-15-14(8-20-11(5)18)16-13(10(4)21-15)7-12(9(2)3)17(16)19/h6,9-10,12-13,15,17,19H,1,7-8H2,2-5H3. The fourth-order valence-electron chi connectivity index (χ4n) is 3.62. The highest BCUT2D eigenvalue weighted by atomic mass is 16.5. The summed E-state index contributed by atoms with van der Waals surface area (Å²) in [5, 5.41) is 10.7. The molecule has 4 heteroatoms. The number of carbonyl (C=O) groups excluding carboxylic acids is 1. The van der Waals surface area contributed by atoms with Gasteiger partial charge in [0.1, 0.15) is 12.7 Å². The normalized spacial score (nSPS) is 35.8. The van der Waals surface area contributed by atoms with Crippen LogP contribution in [0, 0.1) is 17.8 Å². The molecule has 1 N–H and O–H groups in total. The minimum Gasteiger partial charge on any atom is -0.461 e. The molecule has 5 unspecified atom stereocenters. The van der Waals surface area contributed by atoms with Gasteiger partial charge in [-0.05, 0) is 30.8 Å². The molecule has 0 amide bonds. The van der Waals surface area contributed by atoms with Crippen LogP contribution in [0.4, 0.5) is 0 Å². The van der Waals surface area contributed by atoms with Gasteiger partial charge in [0, 0.05) is 18.4 Å². The van der Waals surface area contributed by atoms with E-state index in [9.17, 15) is 9.90 Å². The quantitative estimate of drug-likeness (QED) is 0.639. The molecule has 0 bridgehead atoms. The van der Waals surface area contributed by atoms with Crippen molar-refractivity contribution >= 4 is 5.97 Å². The third-order valence-corrected chi connectivity index (χ3v) is 4.79. The van der Waals surface area contributed by atoms with Crippen LogP contribution in [0.25, 0.3) is 0 Å². The Morgan fingerprint density at radius 1 is 1.57 bits per heavy atom. The first-order chi connectivity index (χ1) is 9.86. The summed E-state index contributed by atoms with van der Waals surface area (Å²) in [4.78, 5) is 11.1. The zero-order valence-electron chi connectivity index (χ0n) is 13.3. The summed E-state index contributed by atoms with van der Waals surface area (Å²) in [6.45, 7) is 11.7. The van der Waals surface area contributed by atoms with Crippen molar-refractivity contribution in [3.8, 4) is 0 Å². The molecule has 1 saturated carbocycles. The highest BCUT2D eigenvalue weighted by Crippen LogP contribution is 2.47. The van der Waals surface area contributed by atoms with Gasteiger partial charge < -0.3 is 14.6 Å². The molecule has 1 aliphatic heterocycles. The van der Waals surface area contributed by atoms with Gasteiger partial charge in [0.25, 0.3) is 0 Å². The topological polar surface area (TPSA) is 55.8 Å². The Bertz CT molecular complexity index is 452. The van der Waals surface area contributed by atoms with Gasteiger partial charge in [0.15, 0.2) is 0 Å². The van der Waals surface area contributed by atoms with Gasteiger partial charge in [-0.2, -0.15) is 0 Å². The predicted molar refractivity (Wildman–Crippen MR) is 80.6 cm³/mol. The highest BCUT2D eigenvalue weighted by Gasteiger charge is 2.47. The summed E-state index contributed by atoms with van der Waals surface area (Å²) in [7, 11) is 0. The van der Waals surface area contributed by atoms with Crippen molar-refractivity contribution < 1.29 is 19.4 Å². The molecule has 0 spiro atoms. The van der Waals surface area contributed by atoms with Crippen molar-refractivity contribution in [1.82, 2.24) is 0 Å². The summed E-state index contributed by atoms with van der Waals surface area (Å²) < 4.78 is 11.2. The number of aliphatic hydroxyl groups excluding tert-OH is 1. The van der Waals surface area contributed by atoms with Crippen LogP contribution < -0.4 is 0 Å². The van der Waals surface area contributed by atoms with Gasteiger partial charge >= 0.3 is 5.97 Å². The van der Waals surface area contributed by atoms with Gasteiger partial charge in [-0.15, -0.1) is 6.58 Å². The van der Waals surface area contributed by atoms with E-state index in [0.717, 1.165) is 17.6 Å². The SMILES string of the molecule is C=CC1OC(C)C2CC(C(C)C)C(O)C2=C1COC(C)=O. The van der Waals surface area contributed by atoms with Crippen molar-refractivity contribution in [3.63, 3.8) is 0 Å². The fourth-order valence-corrected chi connectivity index (χ4v) is 3.62. The van der Waals surface area contributed by atoms with Gasteiger partial charge in [0.2, 0.25) is 0 Å². The molecule has 0 aromatic rings. The first kappa shape index (κ1) is 16.2. The molecule has 2 rings (SSSR count). The van der Waals surface area contributed by atoms with E-state index in [-0.39, 0.29) is 36.6 Å². The summed E-state index contributed by atoms with van der Waals surface area (Å²) in [5.41, 5.74) is 1.89. The average molecular weight is 294 g/mol. The van der Waals surface area contributed by atoms with Crippen LogP contribution in [-0.4, -0.2) is 36.0 Å². The van der Waals surface area contributed by atoms with E-state index in [1.165, 1.54) is 6.92 Å². The summed E-state index contributed by atoms with van der Waals surface area (Å²) >= 11 is 0. The molecule has 0 saturated heterocycles. The number of ether oxygens (including phenoxy) is 2. The van der Waals surface area contributed by atoms with Crippen molar-refractivity contribution in [2.45, 2.75) is 52.4 Å². The molecule has 118 valence electrons. The van der Waals surface area contributed by atoms with Crippen LogP contribution in [0.5, 0.6) is 0 Å². The third-order valence-electron chi connectivity index (χ3n) is 4.79. The van der Waals surface area contributed by atoms with E-state index < -0.39 is 6.10 Å².